The van der Waals surface area contributed by atoms with Crippen molar-refractivity contribution in [2.45, 2.75) is 39.7 Å². The van der Waals surface area contributed by atoms with Crippen LogP contribution in [0, 0.1) is 5.82 Å². The van der Waals surface area contributed by atoms with Crippen LogP contribution in [0.3, 0.4) is 0 Å². The van der Waals surface area contributed by atoms with Crippen molar-refractivity contribution in [3.63, 3.8) is 0 Å². The van der Waals surface area contributed by atoms with Crippen molar-refractivity contribution in [2.75, 3.05) is 11.4 Å². The van der Waals surface area contributed by atoms with Gasteiger partial charge < -0.3 is 15.1 Å². The molecule has 1 heterocycles. The summed E-state index contributed by atoms with van der Waals surface area (Å²) >= 11 is 0. The molecule has 2 aromatic carbocycles. The summed E-state index contributed by atoms with van der Waals surface area (Å²) in [4.78, 5) is 17.6. The van der Waals surface area contributed by atoms with Gasteiger partial charge in [-0.2, -0.15) is 0 Å². The first-order valence-corrected chi connectivity index (χ1v) is 9.55. The maximum absolute atomic E-state index is 14.9. The van der Waals surface area contributed by atoms with E-state index in [0.29, 0.717) is 11.3 Å². The van der Waals surface area contributed by atoms with E-state index in [-0.39, 0.29) is 16.9 Å². The highest BCUT2D eigenvalue weighted by Gasteiger charge is 2.31. The lowest BCUT2D eigenvalue weighted by molar-refractivity contribution is 0.0693. The summed E-state index contributed by atoms with van der Waals surface area (Å²) in [5.74, 6) is -1.98. The van der Waals surface area contributed by atoms with Gasteiger partial charge in [0, 0.05) is 29.6 Å². The number of allylic oxidation sites excluding steroid dienone is 1. The molecule has 1 aliphatic heterocycles. The molecule has 0 fully saturated rings. The molecule has 2 N–H and O–H groups in total. The van der Waals surface area contributed by atoms with Crippen LogP contribution >= 0.6 is 0 Å². The molecular formula is C23H25FN2O3. The number of carboxylic acids is 1. The van der Waals surface area contributed by atoms with Gasteiger partial charge in [-0.15, -0.1) is 0 Å². The van der Waals surface area contributed by atoms with Crippen LogP contribution in [0.5, 0.6) is 5.75 Å². The third-order valence-corrected chi connectivity index (χ3v) is 5.11. The smallest absolute Gasteiger partial charge is 0.339 e. The number of hydrogen-bond donors (Lipinski definition) is 2. The van der Waals surface area contributed by atoms with Crippen LogP contribution in [0.2, 0.25) is 0 Å². The van der Waals surface area contributed by atoms with E-state index >= 15 is 0 Å². The van der Waals surface area contributed by atoms with Crippen molar-refractivity contribution >= 4 is 29.1 Å². The lowest BCUT2D eigenvalue weighted by Gasteiger charge is -2.43. The van der Waals surface area contributed by atoms with E-state index in [1.54, 1.807) is 12.1 Å². The lowest BCUT2D eigenvalue weighted by Crippen LogP contribution is -2.45. The van der Waals surface area contributed by atoms with Crippen LogP contribution in [-0.4, -0.2) is 34.5 Å². The molecule has 0 saturated heterocycles. The Morgan fingerprint density at radius 1 is 1.28 bits per heavy atom. The molecule has 0 aliphatic carbocycles. The summed E-state index contributed by atoms with van der Waals surface area (Å²) in [6.45, 7) is 9.17. The standard InChI is InChI=1S/C23H25FN2O3/c1-5-8-26-20-11-19(24)15(9-17(20)14(2)12-23(26,3)4)13-25-16-6-7-21(27)18(10-16)22(28)29/h6-7,9-13,27H,5,8H2,1-4H3,(H,28,29). The van der Waals surface area contributed by atoms with Gasteiger partial charge in [0.15, 0.2) is 0 Å². The molecule has 29 heavy (non-hydrogen) atoms. The van der Waals surface area contributed by atoms with E-state index in [1.807, 2.05) is 6.92 Å². The number of halogens is 1. The highest BCUT2D eigenvalue weighted by atomic mass is 19.1. The maximum Gasteiger partial charge on any atom is 0.339 e. The average Bonchev–Trinajstić information content (AvgIpc) is 2.64. The maximum atomic E-state index is 14.9. The average molecular weight is 396 g/mol. The fourth-order valence-corrected chi connectivity index (χ4v) is 3.77. The van der Waals surface area contributed by atoms with Gasteiger partial charge in [0.25, 0.3) is 0 Å². The van der Waals surface area contributed by atoms with Crippen LogP contribution in [-0.2, 0) is 0 Å². The molecule has 5 nitrogen and oxygen atoms in total. The summed E-state index contributed by atoms with van der Waals surface area (Å²) in [6, 6.07) is 7.31. The minimum Gasteiger partial charge on any atom is -0.507 e. The van der Waals surface area contributed by atoms with Crippen molar-refractivity contribution in [2.24, 2.45) is 4.99 Å². The van der Waals surface area contributed by atoms with Crippen LogP contribution in [0.4, 0.5) is 15.8 Å². The number of carboxylic acid groups (broad SMARTS) is 1. The second kappa shape index (κ2) is 7.70. The number of anilines is 1. The molecule has 0 bridgehead atoms. The zero-order valence-electron chi connectivity index (χ0n) is 17.0. The first-order chi connectivity index (χ1) is 13.6. The predicted molar refractivity (Wildman–Crippen MR) is 114 cm³/mol. The molecule has 0 saturated carbocycles. The molecule has 152 valence electrons. The Morgan fingerprint density at radius 2 is 2.00 bits per heavy atom. The van der Waals surface area contributed by atoms with Gasteiger partial charge in [-0.3, -0.25) is 4.99 Å². The molecule has 0 spiro atoms. The van der Waals surface area contributed by atoms with E-state index in [1.165, 1.54) is 24.4 Å². The largest absolute Gasteiger partial charge is 0.507 e. The quantitative estimate of drug-likeness (QED) is 0.665. The Hall–Kier alpha value is -3.15. The molecular weight excluding hydrogens is 371 g/mol. The number of aromatic carboxylic acids is 1. The Labute approximate surface area is 169 Å². The number of hydrogen-bond acceptors (Lipinski definition) is 4. The Bertz CT molecular complexity index is 1030. The number of benzene rings is 2. The summed E-state index contributed by atoms with van der Waals surface area (Å²) < 4.78 is 14.9. The first kappa shape index (κ1) is 20.6. The first-order valence-electron chi connectivity index (χ1n) is 9.55. The molecule has 0 unspecified atom stereocenters. The van der Waals surface area contributed by atoms with Crippen molar-refractivity contribution in [1.82, 2.24) is 0 Å². The molecule has 3 rings (SSSR count). The number of carbonyl (C=O) groups is 1. The number of aliphatic imine (C=N–C) groups is 1. The lowest BCUT2D eigenvalue weighted by atomic mass is 9.87. The SMILES string of the molecule is CCCN1c2cc(F)c(C=Nc3ccc(O)c(C(=O)O)c3)cc2C(C)=CC1(C)C. The summed E-state index contributed by atoms with van der Waals surface area (Å²) in [5.41, 5.74) is 3.08. The zero-order valence-corrected chi connectivity index (χ0v) is 17.0. The highest BCUT2D eigenvalue weighted by Crippen LogP contribution is 2.40. The number of aromatic hydroxyl groups is 1. The van der Waals surface area contributed by atoms with Crippen LogP contribution < -0.4 is 4.90 Å². The van der Waals surface area contributed by atoms with Gasteiger partial charge in [0.2, 0.25) is 0 Å². The van der Waals surface area contributed by atoms with E-state index in [4.69, 9.17) is 5.11 Å². The van der Waals surface area contributed by atoms with Crippen LogP contribution in [0.15, 0.2) is 41.4 Å². The second-order valence-corrected chi connectivity index (χ2v) is 7.79. The molecule has 2 aromatic rings. The van der Waals surface area contributed by atoms with Gasteiger partial charge >= 0.3 is 5.97 Å². The number of phenols is 1. The number of nitrogens with zero attached hydrogens (tertiary/aromatic N) is 2. The van der Waals surface area contributed by atoms with Crippen molar-refractivity contribution < 1.29 is 19.4 Å². The molecule has 0 atom stereocenters. The fraction of sp³-hybridized carbons (Fsp3) is 0.304. The molecule has 0 amide bonds. The Balaban J connectivity index is 2.01. The van der Waals surface area contributed by atoms with Crippen LogP contribution in [0.1, 0.15) is 55.6 Å². The van der Waals surface area contributed by atoms with Gasteiger partial charge in [-0.25, -0.2) is 9.18 Å². The summed E-state index contributed by atoms with van der Waals surface area (Å²) in [7, 11) is 0. The van der Waals surface area contributed by atoms with Gasteiger partial charge in [0.05, 0.1) is 11.2 Å². The summed E-state index contributed by atoms with van der Waals surface area (Å²) in [6.07, 6.45) is 4.51. The van der Waals surface area contributed by atoms with Crippen LogP contribution in [0.25, 0.3) is 5.57 Å². The molecule has 0 radical (unpaired) electrons. The second-order valence-electron chi connectivity index (χ2n) is 7.79. The van der Waals surface area contributed by atoms with E-state index in [0.717, 1.165) is 29.8 Å². The number of fused-ring (bicyclic) bond motifs is 1. The topological polar surface area (TPSA) is 73.1 Å². The van der Waals surface area contributed by atoms with E-state index < -0.39 is 11.8 Å². The van der Waals surface area contributed by atoms with E-state index in [9.17, 15) is 14.3 Å². The third kappa shape index (κ3) is 4.01. The van der Waals surface area contributed by atoms with Gasteiger partial charge in [0.1, 0.15) is 17.1 Å². The zero-order chi connectivity index (χ0) is 21.3. The van der Waals surface area contributed by atoms with Crippen molar-refractivity contribution in [1.29, 1.82) is 0 Å². The third-order valence-electron chi connectivity index (χ3n) is 5.11. The van der Waals surface area contributed by atoms with Gasteiger partial charge in [-0.1, -0.05) is 13.0 Å². The fourth-order valence-electron chi connectivity index (χ4n) is 3.77. The normalized spacial score (nSPS) is 15.3. The summed E-state index contributed by atoms with van der Waals surface area (Å²) in [5, 5.41) is 18.7. The van der Waals surface area contributed by atoms with Gasteiger partial charge in [-0.05, 0) is 63.1 Å². The molecule has 1 aliphatic rings. The predicted octanol–water partition coefficient (Wildman–Crippen LogP) is 5.39. The Morgan fingerprint density at radius 3 is 2.66 bits per heavy atom. The van der Waals surface area contributed by atoms with E-state index in [2.05, 4.69) is 36.7 Å². The molecule has 6 heteroatoms. The van der Waals surface area contributed by atoms with Crippen molar-refractivity contribution in [3.8, 4) is 5.75 Å². The van der Waals surface area contributed by atoms with Crippen molar-refractivity contribution in [3.05, 3.63) is 58.9 Å². The minimum atomic E-state index is -1.25. The molecule has 0 aromatic heterocycles. The number of rotatable bonds is 5. The minimum absolute atomic E-state index is 0.200. The monoisotopic (exact) mass is 396 g/mol. The highest BCUT2D eigenvalue weighted by molar-refractivity contribution is 5.93. The Kier molecular flexibility index (Phi) is 5.46.